The minimum absolute atomic E-state index is 0.116. The maximum absolute atomic E-state index is 8.78. The number of hydrogen-bond donors (Lipinski definition) is 2. The molecule has 1 unspecified atom stereocenters. The lowest BCUT2D eigenvalue weighted by Crippen LogP contribution is -2.29. The summed E-state index contributed by atoms with van der Waals surface area (Å²) < 4.78 is 10.5. The van der Waals surface area contributed by atoms with E-state index in [0.29, 0.717) is 0 Å². The summed E-state index contributed by atoms with van der Waals surface area (Å²) in [4.78, 5) is 0. The van der Waals surface area contributed by atoms with Gasteiger partial charge in [0.2, 0.25) is 0 Å². The van der Waals surface area contributed by atoms with Crippen molar-refractivity contribution >= 4 is 0 Å². The molecule has 0 saturated carbocycles. The van der Waals surface area contributed by atoms with Crippen molar-refractivity contribution in [2.45, 2.75) is 31.8 Å². The van der Waals surface area contributed by atoms with Crippen LogP contribution in [0.5, 0.6) is 0 Å². The summed E-state index contributed by atoms with van der Waals surface area (Å²) in [5, 5.41) is 17.6. The molecule has 0 aliphatic carbocycles. The van der Waals surface area contributed by atoms with Gasteiger partial charge in [0.1, 0.15) is 12.2 Å². The smallest absolute Gasteiger partial charge is 0.163 e. The van der Waals surface area contributed by atoms with E-state index in [1.54, 1.807) is 13.8 Å². The number of aliphatic hydroxyl groups is 2. The van der Waals surface area contributed by atoms with Crippen LogP contribution in [0.25, 0.3) is 0 Å². The molecule has 2 atom stereocenters. The predicted molar refractivity (Wildman–Crippen MR) is 38.0 cm³/mol. The van der Waals surface area contributed by atoms with Crippen molar-refractivity contribution in [3.8, 4) is 0 Å². The van der Waals surface area contributed by atoms with E-state index < -0.39 is 18.0 Å². The van der Waals surface area contributed by atoms with Gasteiger partial charge < -0.3 is 19.7 Å². The summed E-state index contributed by atoms with van der Waals surface area (Å²) >= 11 is 0. The van der Waals surface area contributed by atoms with Gasteiger partial charge in [0, 0.05) is 0 Å². The molecule has 11 heavy (non-hydrogen) atoms. The Balaban J connectivity index is 2.55. The molecule has 0 radical (unpaired) electrons. The number of hydrogen-bond acceptors (Lipinski definition) is 4. The van der Waals surface area contributed by atoms with Crippen LogP contribution in [0.4, 0.5) is 0 Å². The fourth-order valence-corrected chi connectivity index (χ4v) is 1.22. The Kier molecular flexibility index (Phi) is 2.49. The fourth-order valence-electron chi connectivity index (χ4n) is 1.22. The van der Waals surface area contributed by atoms with Gasteiger partial charge in [-0.05, 0) is 13.8 Å². The molecule has 1 heterocycles. The van der Waals surface area contributed by atoms with E-state index >= 15 is 0 Å². The van der Waals surface area contributed by atoms with Crippen LogP contribution in [-0.2, 0) is 9.47 Å². The third kappa shape index (κ3) is 1.90. The average molecular weight is 162 g/mol. The summed E-state index contributed by atoms with van der Waals surface area (Å²) in [6.45, 7) is 3.28. The first kappa shape index (κ1) is 8.93. The van der Waals surface area contributed by atoms with E-state index in [1.807, 2.05) is 0 Å². The molecule has 4 heteroatoms. The summed E-state index contributed by atoms with van der Waals surface area (Å²) in [5.41, 5.74) is 0. The number of rotatable bonds is 2. The second-order valence-corrected chi connectivity index (χ2v) is 3.08. The minimum atomic E-state index is -0.680. The normalized spacial score (nSPS) is 36.0. The number of aliphatic hydroxyl groups excluding tert-OH is 2. The Morgan fingerprint density at radius 2 is 1.45 bits per heavy atom. The van der Waals surface area contributed by atoms with E-state index in [2.05, 4.69) is 0 Å². The molecule has 2 N–H and O–H groups in total. The monoisotopic (exact) mass is 162 g/mol. The quantitative estimate of drug-likeness (QED) is 0.574. The maximum Gasteiger partial charge on any atom is 0.163 e. The van der Waals surface area contributed by atoms with Crippen molar-refractivity contribution in [1.29, 1.82) is 0 Å². The zero-order valence-corrected chi connectivity index (χ0v) is 6.78. The highest BCUT2D eigenvalue weighted by Crippen LogP contribution is 2.27. The zero-order chi connectivity index (χ0) is 8.48. The molecule has 1 aliphatic heterocycles. The molecule has 1 fully saturated rings. The molecule has 0 amide bonds. The van der Waals surface area contributed by atoms with Crippen molar-refractivity contribution in [3.63, 3.8) is 0 Å². The van der Waals surface area contributed by atoms with Gasteiger partial charge in [-0.3, -0.25) is 0 Å². The fraction of sp³-hybridized carbons (Fsp3) is 1.00. The molecular weight excluding hydrogens is 148 g/mol. The van der Waals surface area contributed by atoms with Gasteiger partial charge in [0.25, 0.3) is 0 Å². The standard InChI is InChI=1S/C7H14O4/c1-7(2)10-5(3-8)6(4-9)11-7/h5-6,8-9H,3-4H2,1-2H3/t5-,6?/m1/s1. The summed E-state index contributed by atoms with van der Waals surface area (Å²) in [6, 6.07) is 0. The van der Waals surface area contributed by atoms with Crippen molar-refractivity contribution in [3.05, 3.63) is 0 Å². The van der Waals surface area contributed by atoms with Gasteiger partial charge in [0.15, 0.2) is 5.79 Å². The van der Waals surface area contributed by atoms with E-state index in [1.165, 1.54) is 0 Å². The minimum Gasteiger partial charge on any atom is -0.394 e. The maximum atomic E-state index is 8.78. The lowest BCUT2D eigenvalue weighted by Gasteiger charge is -2.16. The lowest BCUT2D eigenvalue weighted by molar-refractivity contribution is -0.151. The van der Waals surface area contributed by atoms with Crippen molar-refractivity contribution in [2.75, 3.05) is 13.2 Å². The third-order valence-corrected chi connectivity index (χ3v) is 1.64. The van der Waals surface area contributed by atoms with E-state index in [0.717, 1.165) is 0 Å². The molecule has 0 aromatic carbocycles. The van der Waals surface area contributed by atoms with Crippen molar-refractivity contribution in [1.82, 2.24) is 0 Å². The zero-order valence-electron chi connectivity index (χ0n) is 6.78. The summed E-state index contributed by atoms with van der Waals surface area (Å²) in [7, 11) is 0. The molecule has 4 nitrogen and oxygen atoms in total. The molecule has 0 aromatic rings. The highest BCUT2D eigenvalue weighted by Gasteiger charge is 2.40. The highest BCUT2D eigenvalue weighted by molar-refractivity contribution is 4.79. The first-order valence-corrected chi connectivity index (χ1v) is 3.66. The largest absolute Gasteiger partial charge is 0.394 e. The van der Waals surface area contributed by atoms with Crippen LogP contribution >= 0.6 is 0 Å². The average Bonchev–Trinajstić information content (AvgIpc) is 2.25. The predicted octanol–water partition coefficient (Wildman–Crippen LogP) is -0.509. The third-order valence-electron chi connectivity index (χ3n) is 1.64. The first-order valence-electron chi connectivity index (χ1n) is 3.66. The topological polar surface area (TPSA) is 58.9 Å². The second-order valence-electron chi connectivity index (χ2n) is 3.08. The van der Waals surface area contributed by atoms with Crippen LogP contribution in [0.1, 0.15) is 13.8 Å². The molecule has 1 saturated heterocycles. The van der Waals surface area contributed by atoms with Crippen LogP contribution in [0, 0.1) is 0 Å². The van der Waals surface area contributed by atoms with Crippen LogP contribution in [0.15, 0.2) is 0 Å². The molecule has 0 bridgehead atoms. The van der Waals surface area contributed by atoms with Crippen LogP contribution in [0.2, 0.25) is 0 Å². The van der Waals surface area contributed by atoms with E-state index in [9.17, 15) is 0 Å². The Morgan fingerprint density at radius 3 is 1.73 bits per heavy atom. The molecule has 1 aliphatic rings. The van der Waals surface area contributed by atoms with E-state index in [4.69, 9.17) is 19.7 Å². The molecule has 66 valence electrons. The van der Waals surface area contributed by atoms with Crippen molar-refractivity contribution < 1.29 is 19.7 Å². The first-order chi connectivity index (χ1) is 5.09. The van der Waals surface area contributed by atoms with E-state index in [-0.39, 0.29) is 13.2 Å². The van der Waals surface area contributed by atoms with Gasteiger partial charge in [0.05, 0.1) is 13.2 Å². The highest BCUT2D eigenvalue weighted by atomic mass is 16.8. The summed E-state index contributed by atoms with van der Waals surface area (Å²) in [5.74, 6) is -0.680. The van der Waals surface area contributed by atoms with Gasteiger partial charge in [-0.15, -0.1) is 0 Å². The Labute approximate surface area is 65.7 Å². The van der Waals surface area contributed by atoms with Crippen LogP contribution < -0.4 is 0 Å². The Morgan fingerprint density at radius 1 is 1.09 bits per heavy atom. The van der Waals surface area contributed by atoms with Crippen molar-refractivity contribution in [2.24, 2.45) is 0 Å². The van der Waals surface area contributed by atoms with Gasteiger partial charge >= 0.3 is 0 Å². The SMILES string of the molecule is CC1(C)OC(CO)[C@@H](CO)O1. The summed E-state index contributed by atoms with van der Waals surface area (Å²) in [6.07, 6.45) is -0.787. The number of ether oxygens (including phenoxy) is 2. The van der Waals surface area contributed by atoms with Gasteiger partial charge in [-0.1, -0.05) is 0 Å². The molecule has 0 aromatic heterocycles. The van der Waals surface area contributed by atoms with Crippen LogP contribution in [0.3, 0.4) is 0 Å². The molecule has 0 spiro atoms. The van der Waals surface area contributed by atoms with Gasteiger partial charge in [-0.25, -0.2) is 0 Å². The lowest BCUT2D eigenvalue weighted by atomic mass is 10.2. The second kappa shape index (κ2) is 3.06. The van der Waals surface area contributed by atoms with Gasteiger partial charge in [-0.2, -0.15) is 0 Å². The molecular formula is C7H14O4. The van der Waals surface area contributed by atoms with Crippen LogP contribution in [-0.4, -0.2) is 41.4 Å². The molecule has 1 rings (SSSR count). The Bertz CT molecular complexity index is 120. The Hall–Kier alpha value is -0.160.